The molecule has 1 heterocycles. The van der Waals surface area contributed by atoms with Crippen molar-refractivity contribution in [3.05, 3.63) is 0 Å². The van der Waals surface area contributed by atoms with Gasteiger partial charge in [-0.3, -0.25) is 19.4 Å². The molecule has 116 valence electrons. The summed E-state index contributed by atoms with van der Waals surface area (Å²) >= 11 is 0. The summed E-state index contributed by atoms with van der Waals surface area (Å²) in [5.74, 6) is -0.698. The van der Waals surface area contributed by atoms with Crippen molar-refractivity contribution in [2.24, 2.45) is 0 Å². The highest BCUT2D eigenvalue weighted by atomic mass is 16.4. The summed E-state index contributed by atoms with van der Waals surface area (Å²) in [4.78, 5) is 26.9. The minimum Gasteiger partial charge on any atom is -0.480 e. The number of hydrogen-bond acceptors (Lipinski definition) is 4. The lowest BCUT2D eigenvalue weighted by atomic mass is 10.0. The summed E-state index contributed by atoms with van der Waals surface area (Å²) in [5.41, 5.74) is 0. The van der Waals surface area contributed by atoms with Crippen molar-refractivity contribution < 1.29 is 14.7 Å². The van der Waals surface area contributed by atoms with Crippen molar-refractivity contribution in [1.82, 2.24) is 15.1 Å². The number of amides is 1. The van der Waals surface area contributed by atoms with Crippen molar-refractivity contribution in [1.29, 1.82) is 0 Å². The van der Waals surface area contributed by atoms with Crippen LogP contribution in [0.5, 0.6) is 0 Å². The summed E-state index contributed by atoms with van der Waals surface area (Å²) < 4.78 is 0. The van der Waals surface area contributed by atoms with Crippen molar-refractivity contribution in [2.45, 2.75) is 45.2 Å². The molecule has 6 heteroatoms. The number of piperidine rings is 1. The molecule has 1 saturated heterocycles. The van der Waals surface area contributed by atoms with Gasteiger partial charge in [0.05, 0.1) is 12.6 Å². The first-order valence-electron chi connectivity index (χ1n) is 7.42. The fourth-order valence-electron chi connectivity index (χ4n) is 2.64. The predicted molar refractivity (Wildman–Crippen MR) is 77.6 cm³/mol. The predicted octanol–water partition coefficient (Wildman–Crippen LogP) is 0.382. The molecule has 1 fully saturated rings. The fraction of sp³-hybridized carbons (Fsp3) is 0.857. The van der Waals surface area contributed by atoms with E-state index in [1.807, 2.05) is 25.8 Å². The van der Waals surface area contributed by atoms with Crippen LogP contribution in [0.4, 0.5) is 0 Å². The van der Waals surface area contributed by atoms with Gasteiger partial charge in [-0.15, -0.1) is 0 Å². The van der Waals surface area contributed by atoms with Gasteiger partial charge in [0.2, 0.25) is 5.91 Å². The van der Waals surface area contributed by atoms with Gasteiger partial charge in [0.1, 0.15) is 0 Å². The molecule has 0 aromatic carbocycles. The Kier molecular flexibility index (Phi) is 6.95. The number of likely N-dealkylation sites (tertiary alicyclic amines) is 1. The van der Waals surface area contributed by atoms with Gasteiger partial charge in [0, 0.05) is 19.1 Å². The van der Waals surface area contributed by atoms with E-state index in [-0.39, 0.29) is 24.5 Å². The zero-order valence-electron chi connectivity index (χ0n) is 12.8. The average Bonchev–Trinajstić information content (AvgIpc) is 2.41. The van der Waals surface area contributed by atoms with Crippen LogP contribution < -0.4 is 5.32 Å². The molecule has 0 radical (unpaired) electrons. The number of rotatable bonds is 7. The summed E-state index contributed by atoms with van der Waals surface area (Å²) in [7, 11) is 1.96. The van der Waals surface area contributed by atoms with E-state index in [4.69, 9.17) is 5.11 Å². The number of carbonyl (C=O) groups is 2. The second kappa shape index (κ2) is 8.21. The van der Waals surface area contributed by atoms with E-state index in [9.17, 15) is 9.59 Å². The van der Waals surface area contributed by atoms with Crippen LogP contribution in [0.15, 0.2) is 0 Å². The highest BCUT2D eigenvalue weighted by molar-refractivity contribution is 5.82. The average molecular weight is 285 g/mol. The van der Waals surface area contributed by atoms with Crippen LogP contribution in [0.3, 0.4) is 0 Å². The SMILES string of the molecule is CCC(C(=O)NC1CCN(CC(=O)O)CC1)N(C)CC. The third kappa shape index (κ3) is 5.09. The number of hydrogen-bond donors (Lipinski definition) is 2. The number of carboxylic acids is 1. The smallest absolute Gasteiger partial charge is 0.317 e. The maximum absolute atomic E-state index is 12.2. The standard InChI is InChI=1S/C14H27N3O3/c1-4-12(16(3)5-2)14(20)15-11-6-8-17(9-7-11)10-13(18)19/h11-12H,4-10H2,1-3H3,(H,15,20)(H,18,19). The molecule has 0 spiro atoms. The largest absolute Gasteiger partial charge is 0.480 e. The van der Waals surface area contributed by atoms with Crippen molar-refractivity contribution >= 4 is 11.9 Å². The Bertz CT molecular complexity index is 328. The third-order valence-electron chi connectivity index (χ3n) is 4.01. The Labute approximate surface area is 121 Å². The number of likely N-dealkylation sites (N-methyl/N-ethyl adjacent to an activating group) is 1. The van der Waals surface area contributed by atoms with E-state index in [1.165, 1.54) is 0 Å². The van der Waals surface area contributed by atoms with Crippen LogP contribution in [0.1, 0.15) is 33.1 Å². The van der Waals surface area contributed by atoms with Crippen LogP contribution in [-0.2, 0) is 9.59 Å². The van der Waals surface area contributed by atoms with Gasteiger partial charge in [-0.05, 0) is 32.9 Å². The molecular formula is C14H27N3O3. The first-order valence-corrected chi connectivity index (χ1v) is 7.42. The minimum atomic E-state index is -0.789. The van der Waals surface area contributed by atoms with E-state index in [1.54, 1.807) is 0 Å². The third-order valence-corrected chi connectivity index (χ3v) is 4.01. The van der Waals surface area contributed by atoms with Crippen molar-refractivity contribution in [2.75, 3.05) is 33.2 Å². The summed E-state index contributed by atoms with van der Waals surface area (Å²) in [6.07, 6.45) is 2.45. The maximum Gasteiger partial charge on any atom is 0.317 e. The highest BCUT2D eigenvalue weighted by Gasteiger charge is 2.26. The lowest BCUT2D eigenvalue weighted by Gasteiger charge is -2.33. The molecule has 2 N–H and O–H groups in total. The van der Waals surface area contributed by atoms with Gasteiger partial charge in [-0.2, -0.15) is 0 Å². The Morgan fingerprint density at radius 2 is 1.95 bits per heavy atom. The van der Waals surface area contributed by atoms with Crippen LogP contribution in [0, 0.1) is 0 Å². The molecule has 0 bridgehead atoms. The summed E-state index contributed by atoms with van der Waals surface area (Å²) in [5, 5.41) is 11.9. The van der Waals surface area contributed by atoms with Crippen LogP contribution >= 0.6 is 0 Å². The topological polar surface area (TPSA) is 72.9 Å². The Morgan fingerprint density at radius 3 is 2.40 bits per heavy atom. The Balaban J connectivity index is 2.39. The van der Waals surface area contributed by atoms with E-state index in [0.29, 0.717) is 0 Å². The lowest BCUT2D eigenvalue weighted by molar-refractivity contribution is -0.138. The van der Waals surface area contributed by atoms with Gasteiger partial charge >= 0.3 is 5.97 Å². The van der Waals surface area contributed by atoms with Gasteiger partial charge < -0.3 is 10.4 Å². The van der Waals surface area contributed by atoms with E-state index in [0.717, 1.165) is 38.9 Å². The van der Waals surface area contributed by atoms with Gasteiger partial charge in [-0.1, -0.05) is 13.8 Å². The molecule has 0 aromatic rings. The van der Waals surface area contributed by atoms with Gasteiger partial charge in [-0.25, -0.2) is 0 Å². The van der Waals surface area contributed by atoms with Crippen molar-refractivity contribution in [3.63, 3.8) is 0 Å². The minimum absolute atomic E-state index is 0.0722. The number of carbonyl (C=O) groups excluding carboxylic acids is 1. The molecule has 20 heavy (non-hydrogen) atoms. The normalized spacial score (nSPS) is 19.0. The fourth-order valence-corrected chi connectivity index (χ4v) is 2.64. The lowest BCUT2D eigenvalue weighted by Crippen LogP contribution is -2.51. The molecule has 0 aromatic heterocycles. The van der Waals surface area contributed by atoms with Crippen LogP contribution in [0.2, 0.25) is 0 Å². The molecule has 1 aliphatic heterocycles. The Morgan fingerprint density at radius 1 is 1.35 bits per heavy atom. The number of aliphatic carboxylic acids is 1. The number of nitrogens with one attached hydrogen (secondary N) is 1. The van der Waals surface area contributed by atoms with E-state index < -0.39 is 5.97 Å². The first-order chi connectivity index (χ1) is 9.47. The molecule has 1 aliphatic rings. The number of carboxylic acid groups (broad SMARTS) is 1. The molecule has 0 saturated carbocycles. The molecule has 1 atom stereocenters. The van der Waals surface area contributed by atoms with Crippen LogP contribution in [-0.4, -0.2) is 72.1 Å². The molecular weight excluding hydrogens is 258 g/mol. The van der Waals surface area contributed by atoms with E-state index in [2.05, 4.69) is 10.2 Å². The van der Waals surface area contributed by atoms with Crippen molar-refractivity contribution in [3.8, 4) is 0 Å². The molecule has 1 unspecified atom stereocenters. The van der Waals surface area contributed by atoms with Crippen LogP contribution in [0.25, 0.3) is 0 Å². The first kappa shape index (κ1) is 16.9. The molecule has 1 rings (SSSR count). The molecule has 0 aliphatic carbocycles. The zero-order chi connectivity index (χ0) is 15.1. The second-order valence-corrected chi connectivity index (χ2v) is 5.45. The van der Waals surface area contributed by atoms with Gasteiger partial charge in [0.25, 0.3) is 0 Å². The molecule has 1 amide bonds. The monoisotopic (exact) mass is 285 g/mol. The van der Waals surface area contributed by atoms with Gasteiger partial charge in [0.15, 0.2) is 0 Å². The maximum atomic E-state index is 12.2. The number of nitrogens with zero attached hydrogens (tertiary/aromatic N) is 2. The van der Waals surface area contributed by atoms with E-state index >= 15 is 0 Å². The molecule has 6 nitrogen and oxygen atoms in total. The zero-order valence-corrected chi connectivity index (χ0v) is 12.8. The Hall–Kier alpha value is -1.14. The quantitative estimate of drug-likeness (QED) is 0.707. The summed E-state index contributed by atoms with van der Waals surface area (Å²) in [6.45, 7) is 6.47. The summed E-state index contributed by atoms with van der Waals surface area (Å²) in [6, 6.07) is 0.101. The second-order valence-electron chi connectivity index (χ2n) is 5.45. The highest BCUT2D eigenvalue weighted by Crippen LogP contribution is 2.11.